The third-order valence-corrected chi connectivity index (χ3v) is 2.63. The van der Waals surface area contributed by atoms with Gasteiger partial charge in [0.25, 0.3) is 0 Å². The Hall–Kier alpha value is -0.840. The number of hydrogen-bond donors (Lipinski definition) is 3. The van der Waals surface area contributed by atoms with Gasteiger partial charge in [-0.15, -0.1) is 0 Å². The first-order valence-electron chi connectivity index (χ1n) is 4.28. The molecule has 1 heterocycles. The average Bonchev–Trinajstić information content (AvgIpc) is 2.59. The molecular weight excluding hydrogens is 246 g/mol. The fourth-order valence-corrected chi connectivity index (χ4v) is 1.78. The minimum absolute atomic E-state index is 0.270. The van der Waals surface area contributed by atoms with Gasteiger partial charge in [0.15, 0.2) is 0 Å². The summed E-state index contributed by atoms with van der Waals surface area (Å²) >= 11 is 3.37. The van der Waals surface area contributed by atoms with E-state index in [1.165, 1.54) is 0 Å². The van der Waals surface area contributed by atoms with E-state index in [9.17, 15) is 5.11 Å². The molecule has 1 unspecified atom stereocenters. The SMILES string of the molecule is OCC(O)c1cc2cc(Br)ccc2[nH]1. The van der Waals surface area contributed by atoms with Crippen molar-refractivity contribution in [2.24, 2.45) is 0 Å². The lowest BCUT2D eigenvalue weighted by Crippen LogP contribution is -2.01. The Labute approximate surface area is 89.5 Å². The van der Waals surface area contributed by atoms with Gasteiger partial charge in [-0.3, -0.25) is 0 Å². The lowest BCUT2D eigenvalue weighted by atomic mass is 10.2. The van der Waals surface area contributed by atoms with Crippen LogP contribution in [0.2, 0.25) is 0 Å². The van der Waals surface area contributed by atoms with Crippen LogP contribution in [0.15, 0.2) is 28.7 Å². The van der Waals surface area contributed by atoms with Gasteiger partial charge in [0.1, 0.15) is 6.10 Å². The van der Waals surface area contributed by atoms with E-state index in [0.717, 1.165) is 15.4 Å². The van der Waals surface area contributed by atoms with Crippen LogP contribution < -0.4 is 0 Å². The Kier molecular flexibility index (Phi) is 2.58. The zero-order valence-corrected chi connectivity index (χ0v) is 8.95. The van der Waals surface area contributed by atoms with E-state index in [4.69, 9.17) is 5.11 Å². The zero-order valence-electron chi connectivity index (χ0n) is 7.37. The molecule has 1 aromatic heterocycles. The van der Waals surface area contributed by atoms with Crippen molar-refractivity contribution in [3.8, 4) is 0 Å². The highest BCUT2D eigenvalue weighted by Crippen LogP contribution is 2.23. The number of hydrogen-bond acceptors (Lipinski definition) is 2. The first-order valence-corrected chi connectivity index (χ1v) is 5.07. The van der Waals surface area contributed by atoms with E-state index in [1.807, 2.05) is 24.3 Å². The molecule has 0 aliphatic rings. The van der Waals surface area contributed by atoms with Crippen LogP contribution in [0.3, 0.4) is 0 Å². The smallest absolute Gasteiger partial charge is 0.117 e. The van der Waals surface area contributed by atoms with E-state index in [-0.39, 0.29) is 6.61 Å². The number of aromatic nitrogens is 1. The molecule has 0 spiro atoms. The van der Waals surface area contributed by atoms with Crippen LogP contribution in [0.25, 0.3) is 10.9 Å². The second kappa shape index (κ2) is 3.73. The Morgan fingerprint density at radius 2 is 2.14 bits per heavy atom. The van der Waals surface area contributed by atoms with Gasteiger partial charge in [0.05, 0.1) is 6.61 Å². The molecular formula is C10H10BrNO2. The van der Waals surface area contributed by atoms with E-state index in [0.29, 0.717) is 5.69 Å². The molecule has 2 aromatic rings. The fraction of sp³-hybridized carbons (Fsp3) is 0.200. The van der Waals surface area contributed by atoms with E-state index >= 15 is 0 Å². The summed E-state index contributed by atoms with van der Waals surface area (Å²) in [5, 5.41) is 19.2. The van der Waals surface area contributed by atoms with Gasteiger partial charge in [-0.1, -0.05) is 15.9 Å². The van der Waals surface area contributed by atoms with Crippen molar-refractivity contribution in [1.82, 2.24) is 4.98 Å². The van der Waals surface area contributed by atoms with E-state index in [1.54, 1.807) is 0 Å². The van der Waals surface area contributed by atoms with Gasteiger partial charge in [-0.25, -0.2) is 0 Å². The molecule has 0 aliphatic heterocycles. The average molecular weight is 256 g/mol. The van der Waals surface area contributed by atoms with Crippen LogP contribution in [-0.4, -0.2) is 21.8 Å². The van der Waals surface area contributed by atoms with E-state index < -0.39 is 6.10 Å². The van der Waals surface area contributed by atoms with Gasteiger partial charge in [-0.2, -0.15) is 0 Å². The maximum Gasteiger partial charge on any atom is 0.117 e. The van der Waals surface area contributed by atoms with E-state index in [2.05, 4.69) is 20.9 Å². The predicted molar refractivity (Wildman–Crippen MR) is 58.0 cm³/mol. The Morgan fingerprint density at radius 1 is 1.36 bits per heavy atom. The van der Waals surface area contributed by atoms with Gasteiger partial charge in [-0.05, 0) is 24.3 Å². The van der Waals surface area contributed by atoms with Gasteiger partial charge in [0, 0.05) is 21.1 Å². The standard InChI is InChI=1S/C10H10BrNO2/c11-7-1-2-8-6(3-7)4-9(12-8)10(14)5-13/h1-4,10,12-14H,5H2. The molecule has 74 valence electrons. The first kappa shape index (κ1) is 9.71. The lowest BCUT2D eigenvalue weighted by Gasteiger charge is -2.01. The number of fused-ring (bicyclic) bond motifs is 1. The number of aromatic amines is 1. The minimum Gasteiger partial charge on any atom is -0.393 e. The van der Waals surface area contributed by atoms with Crippen molar-refractivity contribution in [2.75, 3.05) is 6.61 Å². The number of rotatable bonds is 2. The van der Waals surface area contributed by atoms with Crippen LogP contribution >= 0.6 is 15.9 Å². The molecule has 0 amide bonds. The summed E-state index contributed by atoms with van der Waals surface area (Å²) in [6.07, 6.45) is -0.832. The summed E-state index contributed by atoms with van der Waals surface area (Å²) in [6, 6.07) is 7.64. The molecule has 0 radical (unpaired) electrons. The zero-order chi connectivity index (χ0) is 10.1. The number of benzene rings is 1. The highest BCUT2D eigenvalue weighted by Gasteiger charge is 2.08. The third-order valence-electron chi connectivity index (χ3n) is 2.14. The molecule has 0 saturated heterocycles. The van der Waals surface area contributed by atoms with Crippen LogP contribution in [0, 0.1) is 0 Å². The lowest BCUT2D eigenvalue weighted by molar-refractivity contribution is 0.0928. The second-order valence-corrected chi connectivity index (χ2v) is 4.07. The first-order chi connectivity index (χ1) is 6.70. The second-order valence-electron chi connectivity index (χ2n) is 3.15. The number of nitrogens with one attached hydrogen (secondary N) is 1. The van der Waals surface area contributed by atoms with Gasteiger partial charge < -0.3 is 15.2 Å². The van der Waals surface area contributed by atoms with Crippen molar-refractivity contribution in [2.45, 2.75) is 6.10 Å². The maximum absolute atomic E-state index is 9.41. The molecule has 0 fully saturated rings. The van der Waals surface area contributed by atoms with Crippen molar-refractivity contribution in [1.29, 1.82) is 0 Å². The third kappa shape index (κ3) is 1.68. The quantitative estimate of drug-likeness (QED) is 0.769. The van der Waals surface area contributed by atoms with Crippen LogP contribution in [0.4, 0.5) is 0 Å². The normalized spacial score (nSPS) is 13.4. The van der Waals surface area contributed by atoms with Gasteiger partial charge >= 0.3 is 0 Å². The van der Waals surface area contributed by atoms with Crippen molar-refractivity contribution < 1.29 is 10.2 Å². The highest BCUT2D eigenvalue weighted by molar-refractivity contribution is 9.10. The number of H-pyrrole nitrogens is 1. The van der Waals surface area contributed by atoms with Crippen molar-refractivity contribution in [3.05, 3.63) is 34.4 Å². The summed E-state index contributed by atoms with van der Waals surface area (Å²) in [6.45, 7) is -0.270. The summed E-state index contributed by atoms with van der Waals surface area (Å²) in [5.74, 6) is 0. The Bertz CT molecular complexity index is 452. The molecule has 3 N–H and O–H groups in total. The number of aliphatic hydroxyl groups is 2. The topological polar surface area (TPSA) is 56.2 Å². The largest absolute Gasteiger partial charge is 0.393 e. The predicted octanol–water partition coefficient (Wildman–Crippen LogP) is 1.96. The molecule has 1 aromatic carbocycles. The van der Waals surface area contributed by atoms with Crippen LogP contribution in [-0.2, 0) is 0 Å². The molecule has 14 heavy (non-hydrogen) atoms. The molecule has 0 aliphatic carbocycles. The monoisotopic (exact) mass is 255 g/mol. The molecule has 4 heteroatoms. The minimum atomic E-state index is -0.832. The summed E-state index contributed by atoms with van der Waals surface area (Å²) in [7, 11) is 0. The summed E-state index contributed by atoms with van der Waals surface area (Å²) < 4.78 is 0.994. The summed E-state index contributed by atoms with van der Waals surface area (Å²) in [4.78, 5) is 3.04. The fourth-order valence-electron chi connectivity index (χ4n) is 1.40. The Morgan fingerprint density at radius 3 is 2.86 bits per heavy atom. The molecule has 1 atom stereocenters. The van der Waals surface area contributed by atoms with Crippen molar-refractivity contribution >= 4 is 26.8 Å². The van der Waals surface area contributed by atoms with Crippen LogP contribution in [0.5, 0.6) is 0 Å². The highest BCUT2D eigenvalue weighted by atomic mass is 79.9. The van der Waals surface area contributed by atoms with Gasteiger partial charge in [0.2, 0.25) is 0 Å². The number of halogens is 1. The molecule has 0 saturated carbocycles. The van der Waals surface area contributed by atoms with Crippen molar-refractivity contribution in [3.63, 3.8) is 0 Å². The Balaban J connectivity index is 2.51. The molecule has 0 bridgehead atoms. The maximum atomic E-state index is 9.41. The van der Waals surface area contributed by atoms with Crippen LogP contribution in [0.1, 0.15) is 11.8 Å². The number of aliphatic hydroxyl groups excluding tert-OH is 2. The summed E-state index contributed by atoms with van der Waals surface area (Å²) in [5.41, 5.74) is 1.59. The molecule has 3 nitrogen and oxygen atoms in total. The molecule has 2 rings (SSSR count).